The third-order valence-corrected chi connectivity index (χ3v) is 4.05. The molecule has 0 fully saturated rings. The van der Waals surface area contributed by atoms with Gasteiger partial charge in [-0.3, -0.25) is 4.90 Å². The van der Waals surface area contributed by atoms with Gasteiger partial charge in [-0.2, -0.15) is 0 Å². The number of anilines is 1. The van der Waals surface area contributed by atoms with Crippen molar-refractivity contribution >= 4 is 29.1 Å². The van der Waals surface area contributed by atoms with Gasteiger partial charge in [0.05, 0.1) is 12.2 Å². The maximum absolute atomic E-state index is 12.5. The van der Waals surface area contributed by atoms with E-state index in [4.69, 9.17) is 16.3 Å². The molecule has 0 amide bonds. The minimum absolute atomic E-state index is 0.310. The SMILES string of the molecule is CCOC(=O)[C@H]1N(C)C(Cl)=C2C=CN=C2N1c1ccccc1. The summed E-state index contributed by atoms with van der Waals surface area (Å²) in [4.78, 5) is 20.4. The minimum atomic E-state index is -0.683. The molecule has 2 heterocycles. The van der Waals surface area contributed by atoms with E-state index in [0.29, 0.717) is 17.6 Å². The maximum atomic E-state index is 12.5. The zero-order chi connectivity index (χ0) is 15.7. The van der Waals surface area contributed by atoms with Crippen LogP contribution in [0.2, 0.25) is 0 Å². The number of benzene rings is 1. The summed E-state index contributed by atoms with van der Waals surface area (Å²) < 4.78 is 5.22. The van der Waals surface area contributed by atoms with Crippen molar-refractivity contribution in [3.05, 3.63) is 53.3 Å². The van der Waals surface area contributed by atoms with E-state index in [0.717, 1.165) is 11.3 Å². The Labute approximate surface area is 134 Å². The monoisotopic (exact) mass is 317 g/mol. The van der Waals surface area contributed by atoms with Crippen LogP contribution in [0.15, 0.2) is 58.3 Å². The highest BCUT2D eigenvalue weighted by Gasteiger charge is 2.41. The Morgan fingerprint density at radius 2 is 2.09 bits per heavy atom. The molecule has 22 heavy (non-hydrogen) atoms. The van der Waals surface area contributed by atoms with Crippen LogP contribution in [0.5, 0.6) is 0 Å². The first-order valence-electron chi connectivity index (χ1n) is 7.03. The van der Waals surface area contributed by atoms with E-state index in [1.807, 2.05) is 41.3 Å². The molecule has 0 N–H and O–H groups in total. The molecular weight excluding hydrogens is 302 g/mol. The molecule has 0 bridgehead atoms. The Morgan fingerprint density at radius 1 is 1.36 bits per heavy atom. The predicted octanol–water partition coefficient (Wildman–Crippen LogP) is 2.70. The molecule has 1 atom stereocenters. The molecule has 0 radical (unpaired) electrons. The van der Waals surface area contributed by atoms with Crippen molar-refractivity contribution < 1.29 is 9.53 Å². The molecule has 2 aliphatic heterocycles. The summed E-state index contributed by atoms with van der Waals surface area (Å²) in [6, 6.07) is 9.62. The van der Waals surface area contributed by atoms with Gasteiger partial charge in [0.15, 0.2) is 0 Å². The normalized spacial score (nSPS) is 20.1. The van der Waals surface area contributed by atoms with E-state index >= 15 is 0 Å². The lowest BCUT2D eigenvalue weighted by Crippen LogP contribution is -2.57. The van der Waals surface area contributed by atoms with Gasteiger partial charge in [-0.1, -0.05) is 29.8 Å². The van der Waals surface area contributed by atoms with Crippen molar-refractivity contribution in [3.63, 3.8) is 0 Å². The first-order chi connectivity index (χ1) is 10.6. The molecular formula is C16H16ClN3O2. The van der Waals surface area contributed by atoms with E-state index in [-0.39, 0.29) is 5.97 Å². The summed E-state index contributed by atoms with van der Waals surface area (Å²) in [6.45, 7) is 2.09. The van der Waals surface area contributed by atoms with Crippen molar-refractivity contribution in [1.82, 2.24) is 4.90 Å². The topological polar surface area (TPSA) is 45.1 Å². The smallest absolute Gasteiger partial charge is 0.350 e. The van der Waals surface area contributed by atoms with Crippen molar-refractivity contribution in [2.24, 2.45) is 4.99 Å². The number of hydrogen-bond acceptors (Lipinski definition) is 5. The van der Waals surface area contributed by atoms with Gasteiger partial charge in [0.2, 0.25) is 6.17 Å². The van der Waals surface area contributed by atoms with E-state index < -0.39 is 6.17 Å². The summed E-state index contributed by atoms with van der Waals surface area (Å²) >= 11 is 6.40. The lowest BCUT2D eigenvalue weighted by molar-refractivity contribution is -0.147. The van der Waals surface area contributed by atoms with Gasteiger partial charge in [0.1, 0.15) is 11.0 Å². The molecule has 3 rings (SSSR count). The van der Waals surface area contributed by atoms with Crippen LogP contribution in [0.3, 0.4) is 0 Å². The molecule has 0 spiro atoms. The van der Waals surface area contributed by atoms with Crippen molar-refractivity contribution in [2.45, 2.75) is 13.1 Å². The number of amidine groups is 1. The molecule has 5 nitrogen and oxygen atoms in total. The Kier molecular flexibility index (Phi) is 3.90. The number of fused-ring (bicyclic) bond motifs is 1. The Hall–Kier alpha value is -2.27. The van der Waals surface area contributed by atoms with Gasteiger partial charge in [-0.15, -0.1) is 0 Å². The Bertz CT molecular complexity index is 682. The van der Waals surface area contributed by atoms with Crippen LogP contribution in [0.25, 0.3) is 0 Å². The number of esters is 1. The molecule has 114 valence electrons. The second-order valence-corrected chi connectivity index (χ2v) is 5.27. The number of nitrogens with zero attached hydrogens (tertiary/aromatic N) is 3. The lowest BCUT2D eigenvalue weighted by atomic mass is 10.1. The molecule has 1 aromatic rings. The summed E-state index contributed by atoms with van der Waals surface area (Å²) in [5.41, 5.74) is 1.66. The van der Waals surface area contributed by atoms with Crippen LogP contribution >= 0.6 is 11.6 Å². The lowest BCUT2D eigenvalue weighted by Gasteiger charge is -2.42. The summed E-state index contributed by atoms with van der Waals surface area (Å²) in [6.07, 6.45) is 2.84. The first-order valence-corrected chi connectivity index (χ1v) is 7.41. The van der Waals surface area contributed by atoms with Crippen LogP contribution in [0, 0.1) is 0 Å². The predicted molar refractivity (Wildman–Crippen MR) is 86.6 cm³/mol. The molecule has 0 unspecified atom stereocenters. The quantitative estimate of drug-likeness (QED) is 0.635. The molecule has 0 aromatic heterocycles. The zero-order valence-electron chi connectivity index (χ0n) is 12.4. The number of hydrogen-bond donors (Lipinski definition) is 0. The zero-order valence-corrected chi connectivity index (χ0v) is 13.1. The molecule has 0 saturated carbocycles. The van der Waals surface area contributed by atoms with Crippen molar-refractivity contribution in [3.8, 4) is 0 Å². The van der Waals surface area contributed by atoms with Gasteiger partial charge >= 0.3 is 5.97 Å². The third-order valence-electron chi connectivity index (χ3n) is 3.58. The van der Waals surface area contributed by atoms with Gasteiger partial charge in [-0.25, -0.2) is 9.79 Å². The van der Waals surface area contributed by atoms with E-state index in [9.17, 15) is 4.79 Å². The van der Waals surface area contributed by atoms with E-state index in [2.05, 4.69) is 4.99 Å². The molecule has 0 saturated heterocycles. The number of likely N-dealkylation sites (N-methyl/N-ethyl adjacent to an activating group) is 1. The summed E-state index contributed by atoms with van der Waals surface area (Å²) in [7, 11) is 1.77. The fourth-order valence-corrected chi connectivity index (χ4v) is 2.84. The van der Waals surface area contributed by atoms with Crippen molar-refractivity contribution in [1.29, 1.82) is 0 Å². The number of carbonyl (C=O) groups excluding carboxylic acids is 1. The van der Waals surface area contributed by atoms with E-state index in [1.165, 1.54) is 0 Å². The maximum Gasteiger partial charge on any atom is 0.350 e. The van der Waals surface area contributed by atoms with Crippen LogP contribution in [-0.4, -0.2) is 36.5 Å². The Morgan fingerprint density at radius 3 is 2.77 bits per heavy atom. The van der Waals surface area contributed by atoms with Gasteiger partial charge < -0.3 is 9.64 Å². The number of ether oxygens (including phenoxy) is 1. The van der Waals surface area contributed by atoms with Crippen LogP contribution in [-0.2, 0) is 9.53 Å². The summed E-state index contributed by atoms with van der Waals surface area (Å²) in [5, 5.41) is 0.484. The number of carbonyl (C=O) groups is 1. The summed E-state index contributed by atoms with van der Waals surface area (Å²) in [5.74, 6) is 0.299. The van der Waals surface area contributed by atoms with Gasteiger partial charge in [0, 0.05) is 18.9 Å². The molecule has 0 aliphatic carbocycles. The number of para-hydroxylation sites is 1. The first kappa shape index (κ1) is 14.7. The average Bonchev–Trinajstić information content (AvgIpc) is 3.01. The van der Waals surface area contributed by atoms with Crippen LogP contribution < -0.4 is 4.90 Å². The highest BCUT2D eigenvalue weighted by Crippen LogP contribution is 2.34. The van der Waals surface area contributed by atoms with Crippen LogP contribution in [0.1, 0.15) is 6.92 Å². The fraction of sp³-hybridized carbons (Fsp3) is 0.250. The largest absolute Gasteiger partial charge is 0.463 e. The highest BCUT2D eigenvalue weighted by atomic mass is 35.5. The van der Waals surface area contributed by atoms with E-state index in [1.54, 1.807) is 25.1 Å². The molecule has 6 heteroatoms. The van der Waals surface area contributed by atoms with Gasteiger partial charge in [0.25, 0.3) is 0 Å². The van der Waals surface area contributed by atoms with Crippen LogP contribution in [0.4, 0.5) is 5.69 Å². The molecule has 2 aliphatic rings. The number of aliphatic imine (C=N–C) groups is 1. The Balaban J connectivity index is 2.12. The standard InChI is InChI=1S/C16H16ClN3O2/c1-3-22-16(21)15-19(2)13(17)12-9-10-18-14(12)20(15)11-7-5-4-6-8-11/h4-10,15H,3H2,1-2H3/t15-/m0/s1. The molecule has 1 aromatic carbocycles. The third kappa shape index (κ3) is 2.27. The average molecular weight is 318 g/mol. The second kappa shape index (κ2) is 5.85. The van der Waals surface area contributed by atoms with Crippen molar-refractivity contribution in [2.75, 3.05) is 18.6 Å². The number of rotatable bonds is 3. The number of halogens is 1. The highest BCUT2D eigenvalue weighted by molar-refractivity contribution is 6.34. The second-order valence-electron chi connectivity index (χ2n) is 4.92. The minimum Gasteiger partial charge on any atom is -0.463 e. The fourth-order valence-electron chi connectivity index (χ4n) is 2.60. The van der Waals surface area contributed by atoms with Gasteiger partial charge in [-0.05, 0) is 25.1 Å².